The van der Waals surface area contributed by atoms with E-state index in [1.807, 2.05) is 38.1 Å². The maximum absolute atomic E-state index is 11.6. The summed E-state index contributed by atoms with van der Waals surface area (Å²) in [5, 5.41) is 20.2. The number of rotatable bonds is 8. The first-order valence-corrected chi connectivity index (χ1v) is 12.5. The van der Waals surface area contributed by atoms with Crippen LogP contribution in [-0.2, 0) is 5.75 Å². The van der Waals surface area contributed by atoms with E-state index in [0.29, 0.717) is 28.0 Å². The molecule has 0 saturated heterocycles. The lowest BCUT2D eigenvalue weighted by Gasteiger charge is -2.08. The lowest BCUT2D eigenvalue weighted by molar-refractivity contribution is 0.0693. The Labute approximate surface area is 211 Å². The molecule has 7 nitrogen and oxygen atoms in total. The number of aromatic hydroxyl groups is 1. The summed E-state index contributed by atoms with van der Waals surface area (Å²) in [5.41, 5.74) is 4.34. The highest BCUT2D eigenvalue weighted by molar-refractivity contribution is 7.98. The minimum Gasteiger partial charge on any atom is -0.507 e. The quantitative estimate of drug-likeness (QED) is 0.214. The van der Waals surface area contributed by atoms with Crippen LogP contribution in [0, 0.1) is 13.8 Å². The van der Waals surface area contributed by atoms with Crippen molar-refractivity contribution < 1.29 is 24.5 Å². The topological polar surface area (TPSA) is 102 Å². The molecular formula is C26H24N2O5S2. The fourth-order valence-corrected chi connectivity index (χ4v) is 5.85. The van der Waals surface area contributed by atoms with E-state index in [4.69, 9.17) is 9.47 Å². The van der Waals surface area contributed by atoms with Gasteiger partial charge in [-0.1, -0.05) is 11.8 Å². The molecule has 0 amide bonds. The molecule has 2 heterocycles. The van der Waals surface area contributed by atoms with Crippen molar-refractivity contribution in [2.24, 2.45) is 0 Å². The molecule has 2 aromatic carbocycles. The number of thioether (sulfide) groups is 1. The molecule has 0 saturated carbocycles. The summed E-state index contributed by atoms with van der Waals surface area (Å²) < 4.78 is 10.8. The number of aromatic nitrogens is 2. The highest BCUT2D eigenvalue weighted by atomic mass is 32.2. The highest BCUT2D eigenvalue weighted by Crippen LogP contribution is 2.43. The Kier molecular flexibility index (Phi) is 7.28. The van der Waals surface area contributed by atoms with Gasteiger partial charge in [-0.25, -0.2) is 14.8 Å². The Hall–Kier alpha value is -3.56. The summed E-state index contributed by atoms with van der Waals surface area (Å²) >= 11 is 3.06. The maximum atomic E-state index is 11.6. The zero-order chi connectivity index (χ0) is 25.1. The summed E-state index contributed by atoms with van der Waals surface area (Å²) in [6.45, 7) is 3.88. The molecule has 2 aromatic heterocycles. The van der Waals surface area contributed by atoms with Crippen LogP contribution in [0.4, 0.5) is 0 Å². The molecule has 4 rings (SSSR count). The number of nitrogens with zero attached hydrogens (tertiary/aromatic N) is 2. The van der Waals surface area contributed by atoms with Crippen molar-refractivity contribution in [1.29, 1.82) is 0 Å². The Bertz CT molecular complexity index is 1380. The Morgan fingerprint density at radius 3 is 2.29 bits per heavy atom. The lowest BCUT2D eigenvalue weighted by atomic mass is 10.1. The van der Waals surface area contributed by atoms with Crippen LogP contribution >= 0.6 is 23.1 Å². The van der Waals surface area contributed by atoms with Crippen molar-refractivity contribution >= 4 is 29.1 Å². The average molecular weight is 509 g/mol. The molecule has 0 fully saturated rings. The van der Waals surface area contributed by atoms with Gasteiger partial charge in [0.2, 0.25) is 0 Å². The third kappa shape index (κ3) is 5.41. The zero-order valence-electron chi connectivity index (χ0n) is 19.7. The number of aryl methyl sites for hydroxylation is 2. The smallest absolute Gasteiger partial charge is 0.339 e. The summed E-state index contributed by atoms with van der Waals surface area (Å²) in [5.74, 6) is 0.404. The van der Waals surface area contributed by atoms with Crippen LogP contribution in [-0.4, -0.2) is 40.4 Å². The van der Waals surface area contributed by atoms with E-state index >= 15 is 0 Å². The van der Waals surface area contributed by atoms with Crippen LogP contribution in [0.1, 0.15) is 27.3 Å². The predicted molar refractivity (Wildman–Crippen MR) is 138 cm³/mol. The normalized spacial score (nSPS) is 10.9. The second-order valence-corrected chi connectivity index (χ2v) is 9.79. The van der Waals surface area contributed by atoms with Crippen molar-refractivity contribution in [3.63, 3.8) is 0 Å². The molecule has 35 heavy (non-hydrogen) atoms. The predicted octanol–water partition coefficient (Wildman–Crippen LogP) is 6.20. The molecule has 180 valence electrons. The molecule has 0 atom stereocenters. The summed E-state index contributed by atoms with van der Waals surface area (Å²) in [7, 11) is 3.19. The van der Waals surface area contributed by atoms with Crippen molar-refractivity contribution in [2.75, 3.05) is 14.2 Å². The molecule has 0 spiro atoms. The number of thiophene rings is 1. The monoisotopic (exact) mass is 508 g/mol. The van der Waals surface area contributed by atoms with E-state index in [0.717, 1.165) is 32.3 Å². The van der Waals surface area contributed by atoms with E-state index in [2.05, 4.69) is 16.0 Å². The van der Waals surface area contributed by atoms with Crippen LogP contribution in [0.25, 0.3) is 20.9 Å². The first kappa shape index (κ1) is 24.6. The van der Waals surface area contributed by atoms with Crippen molar-refractivity contribution in [1.82, 2.24) is 9.97 Å². The van der Waals surface area contributed by atoms with Gasteiger partial charge in [-0.15, -0.1) is 11.3 Å². The minimum absolute atomic E-state index is 0.139. The first-order valence-electron chi connectivity index (χ1n) is 10.7. The van der Waals surface area contributed by atoms with Gasteiger partial charge < -0.3 is 19.7 Å². The third-order valence-corrected chi connectivity index (χ3v) is 7.46. The number of carboxylic acids is 1. The molecule has 0 aliphatic heterocycles. The number of hydrogen-bond acceptors (Lipinski definition) is 8. The van der Waals surface area contributed by atoms with E-state index in [1.54, 1.807) is 31.6 Å². The summed E-state index contributed by atoms with van der Waals surface area (Å²) in [4.78, 5) is 22.6. The van der Waals surface area contributed by atoms with Gasteiger partial charge in [0.1, 0.15) is 11.3 Å². The number of benzene rings is 2. The van der Waals surface area contributed by atoms with Crippen LogP contribution in [0.5, 0.6) is 17.2 Å². The van der Waals surface area contributed by atoms with Gasteiger partial charge in [-0.05, 0) is 79.1 Å². The Balaban J connectivity index is 1.78. The molecule has 2 N–H and O–H groups in total. The molecule has 0 unspecified atom stereocenters. The van der Waals surface area contributed by atoms with E-state index < -0.39 is 5.97 Å². The zero-order valence-corrected chi connectivity index (χ0v) is 21.3. The fraction of sp³-hybridized carbons (Fsp3) is 0.192. The molecule has 0 aliphatic rings. The Morgan fingerprint density at radius 2 is 1.63 bits per heavy atom. The standard InChI is InChI=1S/C26H24N2O5S2/c1-14-9-15(2)28-26(27-14)34-13-18-12-23(16-6-8-21(32-3)22(11-16)33-4)35-24(18)17-5-7-20(29)19(10-17)25(30)31/h5-12,29H,13H2,1-4H3,(H,30,31). The van der Waals surface area contributed by atoms with Gasteiger partial charge in [0, 0.05) is 26.9 Å². The fourth-order valence-electron chi connectivity index (χ4n) is 3.66. The van der Waals surface area contributed by atoms with Gasteiger partial charge in [-0.3, -0.25) is 0 Å². The summed E-state index contributed by atoms with van der Waals surface area (Å²) in [6.07, 6.45) is 0. The van der Waals surface area contributed by atoms with Crippen molar-refractivity contribution in [3.8, 4) is 38.1 Å². The van der Waals surface area contributed by atoms with Crippen LogP contribution in [0.15, 0.2) is 53.7 Å². The van der Waals surface area contributed by atoms with Gasteiger partial charge in [-0.2, -0.15) is 0 Å². The average Bonchev–Trinajstić information content (AvgIpc) is 3.26. The van der Waals surface area contributed by atoms with Gasteiger partial charge >= 0.3 is 5.97 Å². The van der Waals surface area contributed by atoms with E-state index in [9.17, 15) is 15.0 Å². The van der Waals surface area contributed by atoms with Gasteiger partial charge in [0.05, 0.1) is 14.2 Å². The van der Waals surface area contributed by atoms with Crippen molar-refractivity contribution in [3.05, 3.63) is 71.0 Å². The molecule has 0 aliphatic carbocycles. The number of carbonyl (C=O) groups is 1. The first-order chi connectivity index (χ1) is 16.8. The number of hydrogen-bond donors (Lipinski definition) is 2. The van der Waals surface area contributed by atoms with Crippen LogP contribution in [0.2, 0.25) is 0 Å². The lowest BCUT2D eigenvalue weighted by Crippen LogP contribution is -1.97. The number of carboxylic acid groups (broad SMARTS) is 1. The molecule has 0 radical (unpaired) electrons. The SMILES string of the molecule is COc1ccc(-c2cc(CSc3nc(C)cc(C)n3)c(-c3ccc(O)c(C(=O)O)c3)s2)cc1OC. The Morgan fingerprint density at radius 1 is 0.943 bits per heavy atom. The third-order valence-electron chi connectivity index (χ3n) is 5.28. The van der Waals surface area contributed by atoms with Gasteiger partial charge in [0.25, 0.3) is 0 Å². The highest BCUT2D eigenvalue weighted by Gasteiger charge is 2.18. The number of aromatic carboxylic acids is 1. The van der Waals surface area contributed by atoms with Crippen LogP contribution in [0.3, 0.4) is 0 Å². The second-order valence-electron chi connectivity index (χ2n) is 7.79. The number of methoxy groups -OCH3 is 2. The minimum atomic E-state index is -1.18. The maximum Gasteiger partial charge on any atom is 0.339 e. The molecule has 0 bridgehead atoms. The van der Waals surface area contributed by atoms with Crippen LogP contribution < -0.4 is 9.47 Å². The van der Waals surface area contributed by atoms with E-state index in [1.165, 1.54) is 23.9 Å². The summed E-state index contributed by atoms with van der Waals surface area (Å²) in [6, 6.07) is 14.4. The van der Waals surface area contributed by atoms with Gasteiger partial charge in [0.15, 0.2) is 16.7 Å². The number of phenols is 1. The van der Waals surface area contributed by atoms with Crippen molar-refractivity contribution in [2.45, 2.75) is 24.8 Å². The molecule has 9 heteroatoms. The molecule has 4 aromatic rings. The number of ether oxygens (including phenoxy) is 2. The molecular weight excluding hydrogens is 484 g/mol. The van der Waals surface area contributed by atoms with E-state index in [-0.39, 0.29) is 11.3 Å². The largest absolute Gasteiger partial charge is 0.507 e. The second kappa shape index (κ2) is 10.4.